The number of amides is 1. The van der Waals surface area contributed by atoms with Crippen LogP contribution in [0.5, 0.6) is 0 Å². The van der Waals surface area contributed by atoms with Crippen LogP contribution in [0.15, 0.2) is 18.2 Å². The van der Waals surface area contributed by atoms with Gasteiger partial charge in [0.05, 0.1) is 6.54 Å². The number of hydrogen-bond donors (Lipinski definition) is 1. The highest BCUT2D eigenvalue weighted by molar-refractivity contribution is 5.95. The molecule has 2 N–H and O–H groups in total. The normalized spacial score (nSPS) is 21.5. The summed E-state index contributed by atoms with van der Waals surface area (Å²) < 4.78 is 0. The number of carbonyl (C=O) groups excluding carboxylic acids is 1. The van der Waals surface area contributed by atoms with Gasteiger partial charge in [-0.1, -0.05) is 18.8 Å². The first-order valence-electron chi connectivity index (χ1n) is 7.13. The second kappa shape index (κ2) is 6.11. The van der Waals surface area contributed by atoms with Gasteiger partial charge < -0.3 is 10.6 Å². The summed E-state index contributed by atoms with van der Waals surface area (Å²) in [7, 11) is 0. The topological polar surface area (TPSA) is 46.3 Å². The number of rotatable bonds is 1. The molecule has 1 fully saturated rings. The van der Waals surface area contributed by atoms with Gasteiger partial charge in [-0.15, -0.1) is 0 Å². The van der Waals surface area contributed by atoms with E-state index in [0.717, 1.165) is 29.7 Å². The molecule has 0 bridgehead atoms. The number of nitrogens with zero attached hydrogens (tertiary/aromatic N) is 1. The summed E-state index contributed by atoms with van der Waals surface area (Å²) >= 11 is 0. The van der Waals surface area contributed by atoms with Crippen molar-refractivity contribution in [1.29, 1.82) is 0 Å². The Kier molecular flexibility index (Phi) is 4.46. The summed E-state index contributed by atoms with van der Waals surface area (Å²) in [5, 5.41) is 0. The van der Waals surface area contributed by atoms with Crippen LogP contribution in [-0.2, 0) is 0 Å². The molecule has 1 aromatic rings. The van der Waals surface area contributed by atoms with E-state index < -0.39 is 0 Å². The third-order valence-electron chi connectivity index (χ3n) is 3.84. The summed E-state index contributed by atoms with van der Waals surface area (Å²) in [6.45, 7) is 7.50. The van der Waals surface area contributed by atoms with Gasteiger partial charge in [-0.3, -0.25) is 4.79 Å². The molecule has 1 aliphatic heterocycles. The monoisotopic (exact) mass is 270 g/mol. The lowest BCUT2D eigenvalue weighted by atomic mass is 10.0. The number of carbonyl (C=O) groups is 1. The molecule has 3 nitrogen and oxygen atoms in total. The van der Waals surface area contributed by atoms with E-state index in [0.29, 0.717) is 18.5 Å². The largest absolute Gasteiger partial charge is 0.336 e. The molecular weight excluding hydrogens is 248 g/mol. The van der Waals surface area contributed by atoms with Gasteiger partial charge in [-0.2, -0.15) is 0 Å². The van der Waals surface area contributed by atoms with Crippen LogP contribution in [-0.4, -0.2) is 29.9 Å². The SMILES string of the molecule is Cc1cc(C(=O)N2CC(C)CC2C)ccc1C#CCN. The van der Waals surface area contributed by atoms with Gasteiger partial charge >= 0.3 is 0 Å². The molecular formula is C17H22N2O. The van der Waals surface area contributed by atoms with Gasteiger partial charge in [-0.05, 0) is 49.9 Å². The Morgan fingerprint density at radius 3 is 2.75 bits per heavy atom. The van der Waals surface area contributed by atoms with Crippen molar-refractivity contribution in [2.75, 3.05) is 13.1 Å². The van der Waals surface area contributed by atoms with E-state index in [1.54, 1.807) is 0 Å². The van der Waals surface area contributed by atoms with Crippen LogP contribution < -0.4 is 5.73 Å². The van der Waals surface area contributed by atoms with E-state index >= 15 is 0 Å². The van der Waals surface area contributed by atoms with Crippen LogP contribution in [0, 0.1) is 24.7 Å². The average Bonchev–Trinajstić information content (AvgIpc) is 2.75. The molecule has 0 aliphatic carbocycles. The van der Waals surface area contributed by atoms with Gasteiger partial charge in [-0.25, -0.2) is 0 Å². The summed E-state index contributed by atoms with van der Waals surface area (Å²) in [6, 6.07) is 6.04. The zero-order valence-electron chi connectivity index (χ0n) is 12.4. The molecule has 0 aromatic heterocycles. The molecule has 0 radical (unpaired) electrons. The van der Waals surface area contributed by atoms with Crippen molar-refractivity contribution < 1.29 is 4.79 Å². The summed E-state index contributed by atoms with van der Waals surface area (Å²) in [5.74, 6) is 6.58. The second-order valence-electron chi connectivity index (χ2n) is 5.68. The average molecular weight is 270 g/mol. The molecule has 1 aliphatic rings. The fourth-order valence-electron chi connectivity index (χ4n) is 2.83. The first kappa shape index (κ1) is 14.6. The van der Waals surface area contributed by atoms with E-state index in [4.69, 9.17) is 5.73 Å². The van der Waals surface area contributed by atoms with E-state index in [-0.39, 0.29) is 5.91 Å². The first-order chi connectivity index (χ1) is 9.52. The molecule has 106 valence electrons. The summed E-state index contributed by atoms with van der Waals surface area (Å²) in [4.78, 5) is 14.5. The van der Waals surface area contributed by atoms with E-state index in [2.05, 4.69) is 25.7 Å². The lowest BCUT2D eigenvalue weighted by Gasteiger charge is -2.21. The molecule has 1 amide bonds. The minimum absolute atomic E-state index is 0.128. The predicted molar refractivity (Wildman–Crippen MR) is 81.4 cm³/mol. The maximum Gasteiger partial charge on any atom is 0.254 e. The Balaban J connectivity index is 2.21. The van der Waals surface area contributed by atoms with Crippen LogP contribution >= 0.6 is 0 Å². The Bertz CT molecular complexity index is 568. The van der Waals surface area contributed by atoms with Crippen molar-refractivity contribution >= 4 is 5.91 Å². The fourth-order valence-corrected chi connectivity index (χ4v) is 2.83. The number of hydrogen-bond acceptors (Lipinski definition) is 2. The quantitative estimate of drug-likeness (QED) is 0.795. The smallest absolute Gasteiger partial charge is 0.254 e. The van der Waals surface area contributed by atoms with Crippen molar-refractivity contribution in [3.63, 3.8) is 0 Å². The second-order valence-corrected chi connectivity index (χ2v) is 5.68. The molecule has 0 saturated carbocycles. The highest BCUT2D eigenvalue weighted by Crippen LogP contribution is 2.24. The molecule has 0 spiro atoms. The van der Waals surface area contributed by atoms with E-state index in [1.807, 2.05) is 30.0 Å². The maximum atomic E-state index is 12.6. The number of benzene rings is 1. The Labute approximate surface area is 121 Å². The van der Waals surface area contributed by atoms with Crippen molar-refractivity contribution in [1.82, 2.24) is 4.90 Å². The minimum atomic E-state index is 0.128. The van der Waals surface area contributed by atoms with Crippen LogP contribution in [0.3, 0.4) is 0 Å². The van der Waals surface area contributed by atoms with Crippen molar-refractivity contribution in [3.8, 4) is 11.8 Å². The van der Waals surface area contributed by atoms with Crippen LogP contribution in [0.4, 0.5) is 0 Å². The van der Waals surface area contributed by atoms with Gasteiger partial charge in [0.25, 0.3) is 5.91 Å². The zero-order chi connectivity index (χ0) is 14.7. The Hall–Kier alpha value is -1.79. The van der Waals surface area contributed by atoms with Crippen LogP contribution in [0.1, 0.15) is 41.8 Å². The van der Waals surface area contributed by atoms with Gasteiger partial charge in [0.2, 0.25) is 0 Å². The van der Waals surface area contributed by atoms with Gasteiger partial charge in [0, 0.05) is 23.7 Å². The Morgan fingerprint density at radius 1 is 1.45 bits per heavy atom. The number of aryl methyl sites for hydroxylation is 1. The minimum Gasteiger partial charge on any atom is -0.336 e. The molecule has 2 rings (SSSR count). The molecule has 2 unspecified atom stereocenters. The van der Waals surface area contributed by atoms with E-state index in [9.17, 15) is 4.79 Å². The molecule has 2 atom stereocenters. The molecule has 1 aromatic carbocycles. The number of likely N-dealkylation sites (tertiary alicyclic amines) is 1. The van der Waals surface area contributed by atoms with E-state index in [1.165, 1.54) is 0 Å². The summed E-state index contributed by atoms with van der Waals surface area (Å²) in [5.41, 5.74) is 8.10. The van der Waals surface area contributed by atoms with Crippen LogP contribution in [0.2, 0.25) is 0 Å². The third kappa shape index (κ3) is 3.02. The molecule has 1 heterocycles. The lowest BCUT2D eigenvalue weighted by Crippen LogP contribution is -2.34. The van der Waals surface area contributed by atoms with Crippen molar-refractivity contribution in [2.45, 2.75) is 33.2 Å². The van der Waals surface area contributed by atoms with Crippen molar-refractivity contribution in [3.05, 3.63) is 34.9 Å². The molecule has 1 saturated heterocycles. The lowest BCUT2D eigenvalue weighted by molar-refractivity contribution is 0.0743. The van der Waals surface area contributed by atoms with Crippen LogP contribution in [0.25, 0.3) is 0 Å². The van der Waals surface area contributed by atoms with Gasteiger partial charge in [0.1, 0.15) is 0 Å². The van der Waals surface area contributed by atoms with Crippen molar-refractivity contribution in [2.24, 2.45) is 11.7 Å². The maximum absolute atomic E-state index is 12.6. The summed E-state index contributed by atoms with van der Waals surface area (Å²) in [6.07, 6.45) is 1.09. The fraction of sp³-hybridized carbons (Fsp3) is 0.471. The third-order valence-corrected chi connectivity index (χ3v) is 3.84. The zero-order valence-corrected chi connectivity index (χ0v) is 12.4. The first-order valence-corrected chi connectivity index (χ1v) is 7.13. The Morgan fingerprint density at radius 2 is 2.20 bits per heavy atom. The highest BCUT2D eigenvalue weighted by atomic mass is 16.2. The van der Waals surface area contributed by atoms with Gasteiger partial charge in [0.15, 0.2) is 0 Å². The highest BCUT2D eigenvalue weighted by Gasteiger charge is 2.30. The predicted octanol–water partition coefficient (Wildman–Crippen LogP) is 2.18. The molecule has 20 heavy (non-hydrogen) atoms. The molecule has 3 heteroatoms. The standard InChI is InChI=1S/C17H22N2O/c1-12-9-14(3)19(11-12)17(20)16-7-6-15(5-4-8-18)13(2)10-16/h6-7,10,12,14H,8-9,11,18H2,1-3H3. The number of nitrogens with two attached hydrogens (primary N) is 1.